The van der Waals surface area contributed by atoms with Gasteiger partial charge in [-0.3, -0.25) is 4.79 Å². The van der Waals surface area contributed by atoms with Crippen molar-refractivity contribution in [2.75, 3.05) is 13.1 Å². The first-order valence-corrected chi connectivity index (χ1v) is 9.04. The van der Waals surface area contributed by atoms with Gasteiger partial charge in [0.25, 0.3) is 0 Å². The van der Waals surface area contributed by atoms with Crippen molar-refractivity contribution in [3.63, 3.8) is 0 Å². The monoisotopic (exact) mass is 294 g/mol. The summed E-state index contributed by atoms with van der Waals surface area (Å²) >= 11 is 0. The Kier molecular flexibility index (Phi) is 6.09. The molecule has 21 heavy (non-hydrogen) atoms. The molecule has 122 valence electrons. The molecule has 2 rings (SSSR count). The number of nitrogens with one attached hydrogen (secondary N) is 1. The van der Waals surface area contributed by atoms with Gasteiger partial charge in [-0.05, 0) is 56.3 Å². The summed E-state index contributed by atoms with van der Waals surface area (Å²) in [5.41, 5.74) is 5.69. The van der Waals surface area contributed by atoms with Gasteiger partial charge in [-0.15, -0.1) is 0 Å². The summed E-state index contributed by atoms with van der Waals surface area (Å²) in [5, 5.41) is 3.20. The molecule has 0 heterocycles. The van der Waals surface area contributed by atoms with E-state index in [4.69, 9.17) is 5.73 Å². The smallest absolute Gasteiger partial charge is 0.227 e. The predicted molar refractivity (Wildman–Crippen MR) is 87.9 cm³/mol. The molecule has 2 unspecified atom stereocenters. The zero-order chi connectivity index (χ0) is 15.3. The number of amides is 1. The molecule has 2 aliphatic rings. The van der Waals surface area contributed by atoms with Crippen LogP contribution < -0.4 is 11.1 Å². The summed E-state index contributed by atoms with van der Waals surface area (Å²) in [4.78, 5) is 12.6. The SMILES string of the molecule is CC1CCC(CN)(C(=O)NCCC2CCCC(C)C2)CC1. The van der Waals surface area contributed by atoms with E-state index in [1.807, 2.05) is 0 Å². The van der Waals surface area contributed by atoms with Crippen LogP contribution in [0.2, 0.25) is 0 Å². The average molecular weight is 294 g/mol. The number of nitrogens with two attached hydrogens (primary N) is 1. The van der Waals surface area contributed by atoms with Crippen LogP contribution in [0.3, 0.4) is 0 Å². The second-order valence-electron chi connectivity index (χ2n) is 7.85. The maximum absolute atomic E-state index is 12.6. The minimum atomic E-state index is -0.271. The van der Waals surface area contributed by atoms with Gasteiger partial charge in [-0.1, -0.05) is 33.1 Å². The van der Waals surface area contributed by atoms with E-state index < -0.39 is 0 Å². The largest absolute Gasteiger partial charge is 0.356 e. The van der Waals surface area contributed by atoms with Crippen molar-refractivity contribution in [3.8, 4) is 0 Å². The molecule has 0 bridgehead atoms. The normalized spacial score (nSPS) is 37.2. The Balaban J connectivity index is 1.75. The first-order valence-electron chi connectivity index (χ1n) is 9.04. The van der Waals surface area contributed by atoms with Crippen LogP contribution in [0.5, 0.6) is 0 Å². The van der Waals surface area contributed by atoms with Crippen LogP contribution in [0.4, 0.5) is 0 Å². The van der Waals surface area contributed by atoms with Crippen molar-refractivity contribution in [1.82, 2.24) is 5.32 Å². The van der Waals surface area contributed by atoms with Gasteiger partial charge in [0.1, 0.15) is 0 Å². The molecule has 0 aromatic rings. The van der Waals surface area contributed by atoms with Gasteiger partial charge in [0.15, 0.2) is 0 Å². The van der Waals surface area contributed by atoms with Crippen LogP contribution in [-0.4, -0.2) is 19.0 Å². The standard InChI is InChI=1S/C18H34N2O/c1-14-6-9-18(13-19,10-7-14)17(21)20-11-8-16-5-3-4-15(2)12-16/h14-16H,3-13,19H2,1-2H3,(H,20,21). The minimum Gasteiger partial charge on any atom is -0.356 e. The third kappa shape index (κ3) is 4.45. The summed E-state index contributed by atoms with van der Waals surface area (Å²) in [6.07, 6.45) is 10.8. The molecular formula is C18H34N2O. The summed E-state index contributed by atoms with van der Waals surface area (Å²) in [7, 11) is 0. The van der Waals surface area contributed by atoms with Gasteiger partial charge < -0.3 is 11.1 Å². The Hall–Kier alpha value is -0.570. The molecule has 0 radical (unpaired) electrons. The van der Waals surface area contributed by atoms with Crippen LogP contribution in [0.15, 0.2) is 0 Å². The fourth-order valence-corrected chi connectivity index (χ4v) is 4.24. The molecule has 2 saturated carbocycles. The van der Waals surface area contributed by atoms with Crippen LogP contribution in [0.1, 0.15) is 71.6 Å². The van der Waals surface area contributed by atoms with E-state index >= 15 is 0 Å². The number of hydrogen-bond donors (Lipinski definition) is 2. The van der Waals surface area contributed by atoms with Crippen molar-refractivity contribution in [2.45, 2.75) is 71.6 Å². The molecule has 0 spiro atoms. The number of rotatable bonds is 5. The Morgan fingerprint density at radius 2 is 1.86 bits per heavy atom. The minimum absolute atomic E-state index is 0.223. The van der Waals surface area contributed by atoms with Crippen molar-refractivity contribution >= 4 is 5.91 Å². The Bertz CT molecular complexity index is 334. The predicted octanol–water partition coefficient (Wildman–Crippen LogP) is 3.47. The third-order valence-electron chi connectivity index (χ3n) is 5.99. The molecule has 2 fully saturated rings. The van der Waals surface area contributed by atoms with Crippen LogP contribution in [0.25, 0.3) is 0 Å². The van der Waals surface area contributed by atoms with Gasteiger partial charge in [0, 0.05) is 13.1 Å². The molecule has 2 atom stereocenters. The van der Waals surface area contributed by atoms with E-state index in [0.29, 0.717) is 6.54 Å². The third-order valence-corrected chi connectivity index (χ3v) is 5.99. The topological polar surface area (TPSA) is 55.1 Å². The van der Waals surface area contributed by atoms with Crippen LogP contribution in [-0.2, 0) is 4.79 Å². The lowest BCUT2D eigenvalue weighted by atomic mass is 9.70. The first-order chi connectivity index (χ1) is 10.1. The fraction of sp³-hybridized carbons (Fsp3) is 0.944. The second kappa shape index (κ2) is 7.62. The highest BCUT2D eigenvalue weighted by molar-refractivity contribution is 5.83. The Morgan fingerprint density at radius 1 is 1.14 bits per heavy atom. The van der Waals surface area contributed by atoms with E-state index in [-0.39, 0.29) is 11.3 Å². The number of carbonyl (C=O) groups is 1. The van der Waals surface area contributed by atoms with Crippen molar-refractivity contribution in [3.05, 3.63) is 0 Å². The van der Waals surface area contributed by atoms with Gasteiger partial charge in [-0.25, -0.2) is 0 Å². The van der Waals surface area contributed by atoms with E-state index in [9.17, 15) is 4.79 Å². The fourth-order valence-electron chi connectivity index (χ4n) is 4.24. The maximum atomic E-state index is 12.6. The molecule has 3 heteroatoms. The molecule has 3 nitrogen and oxygen atoms in total. The Morgan fingerprint density at radius 3 is 2.48 bits per heavy atom. The number of hydrogen-bond acceptors (Lipinski definition) is 2. The van der Waals surface area contributed by atoms with Gasteiger partial charge >= 0.3 is 0 Å². The zero-order valence-electron chi connectivity index (χ0n) is 14.0. The zero-order valence-corrected chi connectivity index (χ0v) is 14.0. The van der Waals surface area contributed by atoms with Crippen LogP contribution in [0, 0.1) is 23.2 Å². The van der Waals surface area contributed by atoms with Crippen molar-refractivity contribution in [2.24, 2.45) is 28.9 Å². The molecular weight excluding hydrogens is 260 g/mol. The van der Waals surface area contributed by atoms with E-state index in [0.717, 1.165) is 56.4 Å². The highest BCUT2D eigenvalue weighted by atomic mass is 16.2. The highest BCUT2D eigenvalue weighted by Crippen LogP contribution is 2.38. The molecule has 0 aromatic carbocycles. The molecule has 0 aromatic heterocycles. The van der Waals surface area contributed by atoms with E-state index in [2.05, 4.69) is 19.2 Å². The second-order valence-corrected chi connectivity index (χ2v) is 7.85. The quantitative estimate of drug-likeness (QED) is 0.815. The van der Waals surface area contributed by atoms with Crippen LogP contribution >= 0.6 is 0 Å². The lowest BCUT2D eigenvalue weighted by Crippen LogP contribution is -2.48. The molecule has 1 amide bonds. The van der Waals surface area contributed by atoms with Gasteiger partial charge in [0.05, 0.1) is 5.41 Å². The lowest BCUT2D eigenvalue weighted by Gasteiger charge is -2.37. The summed E-state index contributed by atoms with van der Waals surface area (Å²) in [5.74, 6) is 2.66. The molecule has 2 aliphatic carbocycles. The van der Waals surface area contributed by atoms with Crippen molar-refractivity contribution < 1.29 is 4.79 Å². The van der Waals surface area contributed by atoms with Gasteiger partial charge in [-0.2, -0.15) is 0 Å². The summed E-state index contributed by atoms with van der Waals surface area (Å²) in [6.45, 7) is 5.99. The van der Waals surface area contributed by atoms with E-state index in [1.54, 1.807) is 0 Å². The summed E-state index contributed by atoms with van der Waals surface area (Å²) in [6, 6.07) is 0. The highest BCUT2D eigenvalue weighted by Gasteiger charge is 2.39. The van der Waals surface area contributed by atoms with Crippen molar-refractivity contribution in [1.29, 1.82) is 0 Å². The average Bonchev–Trinajstić information content (AvgIpc) is 2.48. The van der Waals surface area contributed by atoms with Gasteiger partial charge in [0.2, 0.25) is 5.91 Å². The maximum Gasteiger partial charge on any atom is 0.227 e. The Labute approximate surface area is 130 Å². The molecule has 0 aliphatic heterocycles. The van der Waals surface area contributed by atoms with E-state index in [1.165, 1.54) is 25.7 Å². The lowest BCUT2D eigenvalue weighted by molar-refractivity contribution is -0.132. The molecule has 0 saturated heterocycles. The molecule has 3 N–H and O–H groups in total. The first kappa shape index (κ1) is 16.8. The summed E-state index contributed by atoms with van der Waals surface area (Å²) < 4.78 is 0. The number of carbonyl (C=O) groups excluding carboxylic acids is 1.